The van der Waals surface area contributed by atoms with Crippen LogP contribution in [-0.2, 0) is 4.79 Å². The monoisotopic (exact) mass is 429 g/mol. The van der Waals surface area contributed by atoms with Gasteiger partial charge in [-0.3, -0.25) is 20.3 Å². The third-order valence-corrected chi connectivity index (χ3v) is 5.87. The van der Waals surface area contributed by atoms with Crippen LogP contribution in [0, 0.1) is 10.1 Å². The van der Waals surface area contributed by atoms with Crippen molar-refractivity contribution < 1.29 is 14.5 Å². The third-order valence-electron chi connectivity index (χ3n) is 5.62. The van der Waals surface area contributed by atoms with Gasteiger partial charge in [-0.1, -0.05) is 11.6 Å². The molecule has 0 unspecified atom stereocenters. The molecule has 0 saturated carbocycles. The van der Waals surface area contributed by atoms with Gasteiger partial charge in [0.2, 0.25) is 5.91 Å². The van der Waals surface area contributed by atoms with Crippen molar-refractivity contribution in [3.8, 4) is 0 Å². The van der Waals surface area contributed by atoms with Gasteiger partial charge in [-0.2, -0.15) is 0 Å². The summed E-state index contributed by atoms with van der Waals surface area (Å²) in [6.45, 7) is 1.25. The number of anilines is 2. The van der Waals surface area contributed by atoms with Crippen LogP contribution >= 0.6 is 11.6 Å². The Labute approximate surface area is 177 Å². The van der Waals surface area contributed by atoms with Gasteiger partial charge in [0, 0.05) is 41.6 Å². The zero-order valence-electron chi connectivity index (χ0n) is 16.0. The van der Waals surface area contributed by atoms with Crippen molar-refractivity contribution in [2.24, 2.45) is 0 Å². The lowest BCUT2D eigenvalue weighted by molar-refractivity contribution is -0.384. The molecule has 156 valence electrons. The van der Waals surface area contributed by atoms with E-state index < -0.39 is 16.5 Å². The smallest absolute Gasteiger partial charge is 0.341 e. The maximum Gasteiger partial charge on any atom is 0.341 e. The van der Waals surface area contributed by atoms with Gasteiger partial charge in [-0.05, 0) is 49.2 Å². The van der Waals surface area contributed by atoms with E-state index in [1.54, 1.807) is 36.4 Å². The number of nitrogens with zero attached hydrogens (tertiary/aromatic N) is 3. The number of carbonyl (C=O) groups is 2. The first-order valence-corrected chi connectivity index (χ1v) is 9.90. The molecule has 2 fully saturated rings. The van der Waals surface area contributed by atoms with Gasteiger partial charge in [-0.25, -0.2) is 9.80 Å². The van der Waals surface area contributed by atoms with E-state index in [0.29, 0.717) is 36.6 Å². The SMILES string of the molecule is O=C1CC2(CCN(c3ccc([N+](=O)[O-])cc3)CC2)N(C(=O)Nc2ccc(Cl)cc2)N1. The van der Waals surface area contributed by atoms with Gasteiger partial charge < -0.3 is 10.2 Å². The number of hydrazine groups is 1. The molecule has 2 N–H and O–H groups in total. The largest absolute Gasteiger partial charge is 0.371 e. The van der Waals surface area contributed by atoms with Crippen LogP contribution in [0.5, 0.6) is 0 Å². The van der Waals surface area contributed by atoms with Gasteiger partial charge in [0.25, 0.3) is 5.69 Å². The Morgan fingerprint density at radius 1 is 1.10 bits per heavy atom. The van der Waals surface area contributed by atoms with E-state index in [2.05, 4.69) is 15.6 Å². The van der Waals surface area contributed by atoms with E-state index in [1.165, 1.54) is 17.1 Å². The van der Waals surface area contributed by atoms with Crippen LogP contribution in [0.3, 0.4) is 0 Å². The van der Waals surface area contributed by atoms with E-state index in [4.69, 9.17) is 11.6 Å². The molecule has 2 aliphatic heterocycles. The second kappa shape index (κ2) is 7.83. The summed E-state index contributed by atoms with van der Waals surface area (Å²) in [5, 5.41) is 15.6. The fraction of sp³-hybridized carbons (Fsp3) is 0.300. The number of piperidine rings is 1. The number of nitro benzene ring substituents is 1. The molecule has 2 aromatic rings. The van der Waals surface area contributed by atoms with Crippen LogP contribution < -0.4 is 15.6 Å². The van der Waals surface area contributed by atoms with Crippen LogP contribution in [0.4, 0.5) is 21.9 Å². The number of nitro groups is 1. The maximum atomic E-state index is 12.9. The fourth-order valence-corrected chi connectivity index (χ4v) is 4.13. The van der Waals surface area contributed by atoms with E-state index in [1.807, 2.05) is 0 Å². The number of rotatable bonds is 3. The molecule has 0 aliphatic carbocycles. The van der Waals surface area contributed by atoms with Crippen molar-refractivity contribution in [2.45, 2.75) is 24.8 Å². The lowest BCUT2D eigenvalue weighted by Gasteiger charge is -2.43. The van der Waals surface area contributed by atoms with Crippen LogP contribution in [0.2, 0.25) is 5.02 Å². The highest BCUT2D eigenvalue weighted by molar-refractivity contribution is 6.30. The fourth-order valence-electron chi connectivity index (χ4n) is 4.01. The average Bonchev–Trinajstić information content (AvgIpc) is 3.06. The van der Waals surface area contributed by atoms with E-state index in [0.717, 1.165) is 5.69 Å². The van der Waals surface area contributed by atoms with Crippen molar-refractivity contribution in [2.75, 3.05) is 23.3 Å². The molecule has 0 bridgehead atoms. The molecular formula is C20H20ClN5O4. The number of halogens is 1. The lowest BCUT2D eigenvalue weighted by atomic mass is 9.84. The predicted octanol–water partition coefficient (Wildman–Crippen LogP) is 3.56. The number of urea groups is 1. The zero-order chi connectivity index (χ0) is 21.3. The van der Waals surface area contributed by atoms with Crippen molar-refractivity contribution in [3.05, 3.63) is 63.7 Å². The summed E-state index contributed by atoms with van der Waals surface area (Å²) >= 11 is 5.88. The summed E-state index contributed by atoms with van der Waals surface area (Å²) < 4.78 is 0. The molecule has 10 heteroatoms. The van der Waals surface area contributed by atoms with E-state index in [-0.39, 0.29) is 18.0 Å². The van der Waals surface area contributed by atoms with Gasteiger partial charge >= 0.3 is 6.03 Å². The normalized spacial score (nSPS) is 17.7. The second-order valence-corrected chi connectivity index (χ2v) is 7.91. The molecule has 3 amide bonds. The molecule has 0 aromatic heterocycles. The summed E-state index contributed by atoms with van der Waals surface area (Å²) in [5.74, 6) is -0.190. The Morgan fingerprint density at radius 2 is 1.73 bits per heavy atom. The van der Waals surface area contributed by atoms with Crippen LogP contribution in [-0.4, -0.2) is 40.5 Å². The topological polar surface area (TPSA) is 108 Å². The summed E-state index contributed by atoms with van der Waals surface area (Å²) in [7, 11) is 0. The Balaban J connectivity index is 1.45. The number of hydrogen-bond acceptors (Lipinski definition) is 5. The number of nitrogens with one attached hydrogen (secondary N) is 2. The average molecular weight is 430 g/mol. The first-order chi connectivity index (χ1) is 14.4. The van der Waals surface area contributed by atoms with E-state index >= 15 is 0 Å². The van der Waals surface area contributed by atoms with Crippen LogP contribution in [0.1, 0.15) is 19.3 Å². The molecule has 2 aliphatic rings. The number of hydrogen-bond donors (Lipinski definition) is 2. The summed E-state index contributed by atoms with van der Waals surface area (Å²) in [5.41, 5.74) is 3.59. The first-order valence-electron chi connectivity index (χ1n) is 9.52. The molecule has 30 heavy (non-hydrogen) atoms. The molecule has 1 spiro atoms. The third kappa shape index (κ3) is 3.88. The number of amides is 3. The van der Waals surface area contributed by atoms with Crippen molar-refractivity contribution in [1.82, 2.24) is 10.4 Å². The Hall–Kier alpha value is -3.33. The minimum absolute atomic E-state index is 0.0443. The molecule has 2 saturated heterocycles. The van der Waals surface area contributed by atoms with Gasteiger partial charge in [0.05, 0.1) is 16.9 Å². The van der Waals surface area contributed by atoms with Crippen molar-refractivity contribution in [1.29, 1.82) is 0 Å². The molecule has 2 heterocycles. The summed E-state index contributed by atoms with van der Waals surface area (Å²) in [6.07, 6.45) is 1.43. The van der Waals surface area contributed by atoms with Gasteiger partial charge in [0.15, 0.2) is 0 Å². The molecule has 2 aromatic carbocycles. The minimum Gasteiger partial charge on any atom is -0.371 e. The molecule has 0 radical (unpaired) electrons. The Kier molecular flexibility index (Phi) is 5.21. The number of carbonyl (C=O) groups excluding carboxylic acids is 2. The number of benzene rings is 2. The minimum atomic E-state index is -0.606. The molecule has 9 nitrogen and oxygen atoms in total. The van der Waals surface area contributed by atoms with Crippen molar-refractivity contribution >= 4 is 40.6 Å². The Bertz CT molecular complexity index is 972. The molecule has 0 atom stereocenters. The quantitative estimate of drug-likeness (QED) is 0.573. The van der Waals surface area contributed by atoms with Crippen LogP contribution in [0.25, 0.3) is 0 Å². The van der Waals surface area contributed by atoms with Gasteiger partial charge in [-0.15, -0.1) is 0 Å². The predicted molar refractivity (Wildman–Crippen MR) is 112 cm³/mol. The summed E-state index contributed by atoms with van der Waals surface area (Å²) in [4.78, 5) is 37.5. The van der Waals surface area contributed by atoms with Gasteiger partial charge in [0.1, 0.15) is 0 Å². The second-order valence-electron chi connectivity index (χ2n) is 7.47. The lowest BCUT2D eigenvalue weighted by Crippen LogP contribution is -2.58. The molecule has 4 rings (SSSR count). The van der Waals surface area contributed by atoms with Crippen molar-refractivity contribution in [3.63, 3.8) is 0 Å². The first kappa shape index (κ1) is 20.0. The summed E-state index contributed by atoms with van der Waals surface area (Å²) in [6, 6.07) is 12.8. The highest BCUT2D eigenvalue weighted by atomic mass is 35.5. The highest BCUT2D eigenvalue weighted by Gasteiger charge is 2.49. The van der Waals surface area contributed by atoms with Crippen LogP contribution in [0.15, 0.2) is 48.5 Å². The zero-order valence-corrected chi connectivity index (χ0v) is 16.8. The Morgan fingerprint density at radius 3 is 2.33 bits per heavy atom. The molecular weight excluding hydrogens is 410 g/mol. The maximum absolute atomic E-state index is 12.9. The highest BCUT2D eigenvalue weighted by Crippen LogP contribution is 2.37. The van der Waals surface area contributed by atoms with E-state index in [9.17, 15) is 19.7 Å². The standard InChI is InChI=1S/C20H20ClN5O4/c21-14-1-3-15(4-2-14)22-19(28)25-20(13-18(27)23-25)9-11-24(12-10-20)16-5-7-17(8-6-16)26(29)30/h1-8H,9-13H2,(H,22,28)(H,23,27). The number of non-ortho nitro benzene ring substituents is 1.